The lowest BCUT2D eigenvalue weighted by Gasteiger charge is -2.29. The SMILES string of the molecule is Clc1ccc2c(N3CCNCC3)nc(-c3cccs3)nc2c1. The molecule has 0 amide bonds. The van der Waals surface area contributed by atoms with Crippen LogP contribution in [0.3, 0.4) is 0 Å². The van der Waals surface area contributed by atoms with E-state index in [2.05, 4.69) is 16.3 Å². The molecule has 1 fully saturated rings. The molecule has 112 valence electrons. The molecule has 3 aromatic rings. The molecular formula is C16H15ClN4S. The Hall–Kier alpha value is -1.69. The fourth-order valence-corrected chi connectivity index (χ4v) is 3.54. The monoisotopic (exact) mass is 330 g/mol. The number of anilines is 1. The molecule has 0 unspecified atom stereocenters. The van der Waals surface area contributed by atoms with Gasteiger partial charge in [-0.3, -0.25) is 0 Å². The van der Waals surface area contributed by atoms with Crippen LogP contribution in [0, 0.1) is 0 Å². The Labute approximate surface area is 137 Å². The van der Waals surface area contributed by atoms with Crippen molar-refractivity contribution in [2.75, 3.05) is 31.1 Å². The third-order valence-electron chi connectivity index (χ3n) is 3.80. The minimum atomic E-state index is 0.703. The Balaban J connectivity index is 1.91. The largest absolute Gasteiger partial charge is 0.353 e. The minimum Gasteiger partial charge on any atom is -0.353 e. The van der Waals surface area contributed by atoms with Gasteiger partial charge in [0.2, 0.25) is 0 Å². The van der Waals surface area contributed by atoms with E-state index in [4.69, 9.17) is 21.6 Å². The lowest BCUT2D eigenvalue weighted by Crippen LogP contribution is -2.44. The van der Waals surface area contributed by atoms with Crippen LogP contribution in [-0.4, -0.2) is 36.1 Å². The molecule has 0 aliphatic carbocycles. The van der Waals surface area contributed by atoms with Crippen molar-refractivity contribution in [3.63, 3.8) is 0 Å². The molecule has 22 heavy (non-hydrogen) atoms. The molecule has 0 atom stereocenters. The standard InChI is InChI=1S/C16H15ClN4S/c17-11-3-4-12-13(10-11)19-15(14-2-1-9-22-14)20-16(12)21-7-5-18-6-8-21/h1-4,9-10,18H,5-8H2. The van der Waals surface area contributed by atoms with E-state index in [9.17, 15) is 0 Å². The molecule has 0 radical (unpaired) electrons. The molecule has 1 aliphatic rings. The van der Waals surface area contributed by atoms with Gasteiger partial charge in [-0.25, -0.2) is 9.97 Å². The molecular weight excluding hydrogens is 316 g/mol. The van der Waals surface area contributed by atoms with Crippen molar-refractivity contribution >= 4 is 39.7 Å². The van der Waals surface area contributed by atoms with Crippen LogP contribution in [0.25, 0.3) is 21.6 Å². The highest BCUT2D eigenvalue weighted by molar-refractivity contribution is 7.13. The molecule has 0 saturated carbocycles. The lowest BCUT2D eigenvalue weighted by atomic mass is 10.2. The first-order chi connectivity index (χ1) is 10.8. The number of hydrogen-bond acceptors (Lipinski definition) is 5. The van der Waals surface area contributed by atoms with E-state index in [1.165, 1.54) is 0 Å². The molecule has 3 heterocycles. The summed E-state index contributed by atoms with van der Waals surface area (Å²) >= 11 is 7.81. The number of piperazine rings is 1. The van der Waals surface area contributed by atoms with Crippen LogP contribution < -0.4 is 10.2 Å². The topological polar surface area (TPSA) is 41.0 Å². The molecule has 1 aliphatic heterocycles. The second kappa shape index (κ2) is 5.83. The van der Waals surface area contributed by atoms with Gasteiger partial charge in [0, 0.05) is 36.6 Å². The molecule has 2 aromatic heterocycles. The van der Waals surface area contributed by atoms with Gasteiger partial charge in [0.25, 0.3) is 0 Å². The number of rotatable bonds is 2. The predicted molar refractivity (Wildman–Crippen MR) is 92.9 cm³/mol. The van der Waals surface area contributed by atoms with Crippen LogP contribution in [0.2, 0.25) is 5.02 Å². The highest BCUT2D eigenvalue weighted by Gasteiger charge is 2.17. The van der Waals surface area contributed by atoms with Crippen molar-refractivity contribution in [1.82, 2.24) is 15.3 Å². The molecule has 0 bridgehead atoms. The zero-order valence-corrected chi connectivity index (χ0v) is 13.5. The number of nitrogens with zero attached hydrogens (tertiary/aromatic N) is 3. The number of hydrogen-bond donors (Lipinski definition) is 1. The van der Waals surface area contributed by atoms with Crippen molar-refractivity contribution in [2.24, 2.45) is 0 Å². The van der Waals surface area contributed by atoms with Crippen LogP contribution in [0.4, 0.5) is 5.82 Å². The summed E-state index contributed by atoms with van der Waals surface area (Å²) < 4.78 is 0. The number of nitrogens with one attached hydrogen (secondary N) is 1. The van der Waals surface area contributed by atoms with E-state index in [0.717, 1.165) is 53.6 Å². The quantitative estimate of drug-likeness (QED) is 0.781. The van der Waals surface area contributed by atoms with Crippen molar-refractivity contribution in [3.05, 3.63) is 40.7 Å². The molecule has 6 heteroatoms. The average molecular weight is 331 g/mol. The second-order valence-electron chi connectivity index (χ2n) is 5.25. The summed E-state index contributed by atoms with van der Waals surface area (Å²) in [5, 5.41) is 7.19. The van der Waals surface area contributed by atoms with Crippen molar-refractivity contribution in [2.45, 2.75) is 0 Å². The summed E-state index contributed by atoms with van der Waals surface area (Å²) in [5.41, 5.74) is 0.902. The maximum absolute atomic E-state index is 6.15. The first-order valence-electron chi connectivity index (χ1n) is 7.28. The number of thiophene rings is 1. The highest BCUT2D eigenvalue weighted by Crippen LogP contribution is 2.31. The first-order valence-corrected chi connectivity index (χ1v) is 8.54. The Kier molecular flexibility index (Phi) is 3.70. The zero-order chi connectivity index (χ0) is 14.9. The summed E-state index contributed by atoms with van der Waals surface area (Å²) in [6.45, 7) is 3.87. The van der Waals surface area contributed by atoms with Crippen molar-refractivity contribution in [1.29, 1.82) is 0 Å². The summed E-state index contributed by atoms with van der Waals surface area (Å²) in [4.78, 5) is 13.0. The Morgan fingerprint density at radius 2 is 2.00 bits per heavy atom. The Bertz CT molecular complexity index is 797. The Morgan fingerprint density at radius 1 is 1.14 bits per heavy atom. The van der Waals surface area contributed by atoms with Crippen LogP contribution in [-0.2, 0) is 0 Å². The normalized spacial score (nSPS) is 15.4. The summed E-state index contributed by atoms with van der Waals surface area (Å²) in [6.07, 6.45) is 0. The second-order valence-corrected chi connectivity index (χ2v) is 6.63. The minimum absolute atomic E-state index is 0.703. The Morgan fingerprint density at radius 3 is 2.77 bits per heavy atom. The third-order valence-corrected chi connectivity index (χ3v) is 4.90. The van der Waals surface area contributed by atoms with Gasteiger partial charge in [0.05, 0.1) is 10.4 Å². The van der Waals surface area contributed by atoms with E-state index in [-0.39, 0.29) is 0 Å². The van der Waals surface area contributed by atoms with Gasteiger partial charge in [-0.05, 0) is 29.6 Å². The van der Waals surface area contributed by atoms with Gasteiger partial charge >= 0.3 is 0 Å². The average Bonchev–Trinajstić information content (AvgIpc) is 3.09. The predicted octanol–water partition coefficient (Wildman–Crippen LogP) is 3.42. The molecule has 1 aromatic carbocycles. The molecule has 4 rings (SSSR count). The third kappa shape index (κ3) is 2.56. The molecule has 1 saturated heterocycles. The fourth-order valence-electron chi connectivity index (χ4n) is 2.72. The van der Waals surface area contributed by atoms with E-state index >= 15 is 0 Å². The van der Waals surface area contributed by atoms with Crippen molar-refractivity contribution in [3.8, 4) is 10.7 Å². The van der Waals surface area contributed by atoms with Gasteiger partial charge in [-0.1, -0.05) is 17.7 Å². The lowest BCUT2D eigenvalue weighted by molar-refractivity contribution is 0.586. The van der Waals surface area contributed by atoms with Gasteiger partial charge in [0.15, 0.2) is 5.82 Å². The number of halogens is 1. The zero-order valence-electron chi connectivity index (χ0n) is 11.9. The van der Waals surface area contributed by atoms with Gasteiger partial charge in [0.1, 0.15) is 5.82 Å². The summed E-state index contributed by atoms with van der Waals surface area (Å²) in [6, 6.07) is 9.92. The van der Waals surface area contributed by atoms with E-state index in [1.807, 2.05) is 29.6 Å². The van der Waals surface area contributed by atoms with E-state index < -0.39 is 0 Å². The van der Waals surface area contributed by atoms with Crippen molar-refractivity contribution < 1.29 is 0 Å². The van der Waals surface area contributed by atoms with Crippen LogP contribution in [0.1, 0.15) is 0 Å². The number of aromatic nitrogens is 2. The van der Waals surface area contributed by atoms with Gasteiger partial charge in [-0.2, -0.15) is 0 Å². The molecule has 0 spiro atoms. The molecule has 1 N–H and O–H groups in total. The highest BCUT2D eigenvalue weighted by atomic mass is 35.5. The van der Waals surface area contributed by atoms with Crippen LogP contribution in [0.15, 0.2) is 35.7 Å². The smallest absolute Gasteiger partial charge is 0.172 e. The maximum Gasteiger partial charge on any atom is 0.172 e. The van der Waals surface area contributed by atoms with Gasteiger partial charge in [-0.15, -0.1) is 11.3 Å². The number of fused-ring (bicyclic) bond motifs is 1. The van der Waals surface area contributed by atoms with E-state index in [1.54, 1.807) is 11.3 Å². The summed E-state index contributed by atoms with van der Waals surface area (Å²) in [7, 11) is 0. The van der Waals surface area contributed by atoms with E-state index in [0.29, 0.717) is 5.02 Å². The van der Waals surface area contributed by atoms with Gasteiger partial charge < -0.3 is 10.2 Å². The molecule has 4 nitrogen and oxygen atoms in total. The first kappa shape index (κ1) is 13.9. The van der Waals surface area contributed by atoms with Crippen LogP contribution in [0.5, 0.6) is 0 Å². The maximum atomic E-state index is 6.15. The summed E-state index contributed by atoms with van der Waals surface area (Å²) in [5.74, 6) is 1.78. The fraction of sp³-hybridized carbons (Fsp3) is 0.250. The number of benzene rings is 1. The van der Waals surface area contributed by atoms with Crippen LogP contribution >= 0.6 is 22.9 Å².